The third-order valence-corrected chi connectivity index (χ3v) is 3.88. The van der Waals surface area contributed by atoms with E-state index in [1.165, 1.54) is 12.1 Å². The van der Waals surface area contributed by atoms with Crippen LogP contribution in [0.3, 0.4) is 0 Å². The number of primary amides is 1. The lowest BCUT2D eigenvalue weighted by molar-refractivity contribution is -0.384. The fourth-order valence-electron chi connectivity index (χ4n) is 2.33. The van der Waals surface area contributed by atoms with Gasteiger partial charge >= 0.3 is 0 Å². The molecule has 23 heavy (non-hydrogen) atoms. The fourth-order valence-corrected chi connectivity index (χ4v) is 2.69. The third kappa shape index (κ3) is 2.91. The topological polar surface area (TPSA) is 99.1 Å². The largest absolute Gasteiger partial charge is 0.366 e. The van der Waals surface area contributed by atoms with Crippen LogP contribution in [0.1, 0.15) is 10.4 Å². The molecule has 6 nitrogen and oxygen atoms in total. The maximum absolute atomic E-state index is 11.8. The molecule has 0 saturated carbocycles. The first-order valence-electron chi connectivity index (χ1n) is 6.60. The van der Waals surface area contributed by atoms with Crippen molar-refractivity contribution < 1.29 is 9.72 Å². The number of rotatable bonds is 3. The van der Waals surface area contributed by atoms with E-state index < -0.39 is 10.8 Å². The average molecular weight is 372 g/mol. The number of benzene rings is 2. The van der Waals surface area contributed by atoms with E-state index in [9.17, 15) is 14.9 Å². The van der Waals surface area contributed by atoms with Crippen molar-refractivity contribution in [3.8, 4) is 11.3 Å². The Balaban J connectivity index is 2.26. The van der Waals surface area contributed by atoms with Crippen molar-refractivity contribution in [1.29, 1.82) is 0 Å². The molecule has 7 heteroatoms. The molecule has 0 atom stereocenters. The molecule has 0 fully saturated rings. The molecule has 2 aromatic carbocycles. The Morgan fingerprint density at radius 3 is 2.65 bits per heavy atom. The minimum absolute atomic E-state index is 0.0409. The van der Waals surface area contributed by atoms with Crippen LogP contribution in [0, 0.1) is 10.1 Å². The van der Waals surface area contributed by atoms with E-state index >= 15 is 0 Å². The molecule has 0 aliphatic rings. The van der Waals surface area contributed by atoms with Crippen LogP contribution in [0.15, 0.2) is 53.0 Å². The molecule has 114 valence electrons. The first-order valence-corrected chi connectivity index (χ1v) is 7.40. The number of hydrogen-bond donors (Lipinski definition) is 1. The van der Waals surface area contributed by atoms with Gasteiger partial charge in [0.2, 0.25) is 5.91 Å². The van der Waals surface area contributed by atoms with Gasteiger partial charge in [0.1, 0.15) is 0 Å². The Kier molecular flexibility index (Phi) is 3.79. The highest BCUT2D eigenvalue weighted by atomic mass is 79.9. The second kappa shape index (κ2) is 5.77. The highest BCUT2D eigenvalue weighted by molar-refractivity contribution is 9.10. The summed E-state index contributed by atoms with van der Waals surface area (Å²) in [6.07, 6.45) is 0. The molecule has 0 radical (unpaired) electrons. The smallest absolute Gasteiger partial charge is 0.270 e. The van der Waals surface area contributed by atoms with Crippen LogP contribution in [0.25, 0.3) is 22.2 Å². The SMILES string of the molecule is NC(=O)c1cc(-c2cccc([N+](=O)[O-])c2)nc2ccc(Br)cc12. The molecule has 0 spiro atoms. The molecule has 1 aromatic heterocycles. The molecule has 0 bridgehead atoms. The van der Waals surface area contributed by atoms with E-state index in [0.717, 1.165) is 4.47 Å². The number of halogens is 1. The second-order valence-corrected chi connectivity index (χ2v) is 5.80. The number of fused-ring (bicyclic) bond motifs is 1. The Bertz CT molecular complexity index is 956. The van der Waals surface area contributed by atoms with E-state index in [0.29, 0.717) is 27.7 Å². The number of nitrogens with zero attached hydrogens (tertiary/aromatic N) is 2. The maximum Gasteiger partial charge on any atom is 0.270 e. The Labute approximate surface area is 139 Å². The fraction of sp³-hybridized carbons (Fsp3) is 0. The van der Waals surface area contributed by atoms with Crippen LogP contribution >= 0.6 is 15.9 Å². The van der Waals surface area contributed by atoms with Gasteiger partial charge in [-0.05, 0) is 24.3 Å². The number of hydrogen-bond acceptors (Lipinski definition) is 4. The summed E-state index contributed by atoms with van der Waals surface area (Å²) in [5.41, 5.74) is 7.33. The van der Waals surface area contributed by atoms with Crippen LogP contribution in [-0.2, 0) is 0 Å². The molecule has 0 unspecified atom stereocenters. The van der Waals surface area contributed by atoms with Crippen LogP contribution in [0.5, 0.6) is 0 Å². The van der Waals surface area contributed by atoms with E-state index in [1.54, 1.807) is 36.4 Å². The summed E-state index contributed by atoms with van der Waals surface area (Å²) in [4.78, 5) is 26.7. The van der Waals surface area contributed by atoms with E-state index in [2.05, 4.69) is 20.9 Å². The van der Waals surface area contributed by atoms with Crippen LogP contribution in [0.4, 0.5) is 5.69 Å². The van der Waals surface area contributed by atoms with Gasteiger partial charge in [-0.1, -0.05) is 28.1 Å². The molecular formula is C16H10BrN3O3. The third-order valence-electron chi connectivity index (χ3n) is 3.39. The van der Waals surface area contributed by atoms with Crippen molar-refractivity contribution in [3.63, 3.8) is 0 Å². The molecule has 2 N–H and O–H groups in total. The summed E-state index contributed by atoms with van der Waals surface area (Å²) in [6.45, 7) is 0. The summed E-state index contributed by atoms with van der Waals surface area (Å²) < 4.78 is 0.803. The number of nitrogens with two attached hydrogens (primary N) is 1. The predicted octanol–water partition coefficient (Wildman–Crippen LogP) is 3.67. The van der Waals surface area contributed by atoms with Crippen molar-refractivity contribution >= 4 is 38.4 Å². The first kappa shape index (κ1) is 15.1. The Morgan fingerprint density at radius 2 is 1.96 bits per heavy atom. The van der Waals surface area contributed by atoms with Crippen molar-refractivity contribution in [2.24, 2.45) is 5.73 Å². The van der Waals surface area contributed by atoms with Gasteiger partial charge < -0.3 is 5.73 Å². The van der Waals surface area contributed by atoms with Gasteiger partial charge in [-0.15, -0.1) is 0 Å². The van der Waals surface area contributed by atoms with Crippen molar-refractivity contribution in [1.82, 2.24) is 4.98 Å². The number of carbonyl (C=O) groups is 1. The van der Waals surface area contributed by atoms with Crippen molar-refractivity contribution in [2.45, 2.75) is 0 Å². The van der Waals surface area contributed by atoms with E-state index in [1.807, 2.05) is 0 Å². The van der Waals surface area contributed by atoms with Gasteiger partial charge in [-0.25, -0.2) is 4.98 Å². The Hall–Kier alpha value is -2.80. The molecule has 3 rings (SSSR count). The monoisotopic (exact) mass is 371 g/mol. The van der Waals surface area contributed by atoms with Crippen LogP contribution in [0.2, 0.25) is 0 Å². The highest BCUT2D eigenvalue weighted by Gasteiger charge is 2.14. The number of aromatic nitrogens is 1. The quantitative estimate of drug-likeness (QED) is 0.560. The highest BCUT2D eigenvalue weighted by Crippen LogP contribution is 2.28. The van der Waals surface area contributed by atoms with Crippen molar-refractivity contribution in [3.05, 3.63) is 68.7 Å². The lowest BCUT2D eigenvalue weighted by Gasteiger charge is -2.08. The average Bonchev–Trinajstić information content (AvgIpc) is 2.53. The summed E-state index contributed by atoms with van der Waals surface area (Å²) in [7, 11) is 0. The van der Waals surface area contributed by atoms with Crippen molar-refractivity contribution in [2.75, 3.05) is 0 Å². The van der Waals surface area contributed by atoms with Crippen LogP contribution in [-0.4, -0.2) is 15.8 Å². The lowest BCUT2D eigenvalue weighted by atomic mass is 10.0. The number of nitro benzene ring substituents is 1. The maximum atomic E-state index is 11.8. The summed E-state index contributed by atoms with van der Waals surface area (Å²) >= 11 is 3.35. The molecular weight excluding hydrogens is 362 g/mol. The standard InChI is InChI=1S/C16H10BrN3O3/c17-10-4-5-14-12(7-10)13(16(18)21)8-15(19-14)9-2-1-3-11(6-9)20(22)23/h1-8H,(H2,18,21). The van der Waals surface area contributed by atoms with E-state index in [-0.39, 0.29) is 5.69 Å². The summed E-state index contributed by atoms with van der Waals surface area (Å²) in [5, 5.41) is 11.5. The zero-order chi connectivity index (χ0) is 16.6. The van der Waals surface area contributed by atoms with Gasteiger partial charge in [0.05, 0.1) is 21.7 Å². The first-order chi connectivity index (χ1) is 11.0. The lowest BCUT2D eigenvalue weighted by Crippen LogP contribution is -2.12. The molecule has 1 amide bonds. The summed E-state index contributed by atoms with van der Waals surface area (Å²) in [6, 6.07) is 13.0. The Morgan fingerprint density at radius 1 is 1.17 bits per heavy atom. The molecule has 0 aliphatic carbocycles. The zero-order valence-electron chi connectivity index (χ0n) is 11.7. The zero-order valence-corrected chi connectivity index (χ0v) is 13.3. The number of carbonyl (C=O) groups excluding carboxylic acids is 1. The number of amides is 1. The van der Waals surface area contributed by atoms with Gasteiger partial charge in [0.25, 0.3) is 5.69 Å². The van der Waals surface area contributed by atoms with Gasteiger partial charge in [-0.2, -0.15) is 0 Å². The molecule has 1 heterocycles. The minimum atomic E-state index is -0.581. The normalized spacial score (nSPS) is 10.7. The predicted molar refractivity (Wildman–Crippen MR) is 90.1 cm³/mol. The van der Waals surface area contributed by atoms with Gasteiger partial charge in [0, 0.05) is 27.6 Å². The van der Waals surface area contributed by atoms with Crippen LogP contribution < -0.4 is 5.73 Å². The van der Waals surface area contributed by atoms with E-state index in [4.69, 9.17) is 5.73 Å². The van der Waals surface area contributed by atoms with Gasteiger partial charge in [-0.3, -0.25) is 14.9 Å². The summed E-state index contributed by atoms with van der Waals surface area (Å²) in [5.74, 6) is -0.581. The number of non-ortho nitro benzene ring substituents is 1. The molecule has 0 saturated heterocycles. The second-order valence-electron chi connectivity index (χ2n) is 4.89. The number of pyridine rings is 1. The molecule has 0 aliphatic heterocycles. The minimum Gasteiger partial charge on any atom is -0.366 e. The molecule has 3 aromatic rings. The number of nitro groups is 1. The van der Waals surface area contributed by atoms with Gasteiger partial charge in [0.15, 0.2) is 0 Å².